The number of aliphatic hydroxyl groups excluding tert-OH is 1. The van der Waals surface area contributed by atoms with E-state index >= 15 is 0 Å². The van der Waals surface area contributed by atoms with E-state index in [0.717, 1.165) is 27.8 Å². The van der Waals surface area contributed by atoms with Gasteiger partial charge in [-0.25, -0.2) is 14.4 Å². The van der Waals surface area contributed by atoms with E-state index in [4.69, 9.17) is 39.9 Å². The molecule has 4 aliphatic rings. The lowest BCUT2D eigenvalue weighted by Crippen LogP contribution is -2.57. The molecular formula is C64H84N8O15. The van der Waals surface area contributed by atoms with Crippen molar-refractivity contribution in [3.8, 4) is 11.1 Å². The number of benzene rings is 3. The number of hydrogen-bond donors (Lipinski definition) is 8. The van der Waals surface area contributed by atoms with Gasteiger partial charge < -0.3 is 71.6 Å². The highest BCUT2D eigenvalue weighted by Crippen LogP contribution is 2.45. The quantitative estimate of drug-likeness (QED) is 0.0115. The summed E-state index contributed by atoms with van der Waals surface area (Å²) >= 11 is 0. The molecule has 11 atom stereocenters. The van der Waals surface area contributed by atoms with E-state index in [-0.39, 0.29) is 99.7 Å². The van der Waals surface area contributed by atoms with Crippen LogP contribution in [0.3, 0.4) is 0 Å². The minimum atomic E-state index is -1.22. The van der Waals surface area contributed by atoms with Crippen molar-refractivity contribution in [3.63, 3.8) is 0 Å². The number of alkyl carbamates (subject to hydrolysis) is 2. The number of allylic oxidation sites excluding steroid dienone is 2. The highest BCUT2D eigenvalue weighted by Gasteiger charge is 2.58. The fourth-order valence-corrected chi connectivity index (χ4v) is 11.3. The van der Waals surface area contributed by atoms with Crippen molar-refractivity contribution in [3.05, 3.63) is 125 Å². The van der Waals surface area contributed by atoms with Gasteiger partial charge in [-0.2, -0.15) is 0 Å². The molecule has 0 unspecified atom stereocenters. The van der Waals surface area contributed by atoms with Crippen LogP contribution >= 0.6 is 0 Å². The Hall–Kier alpha value is -8.12. The molecule has 3 heterocycles. The Balaban J connectivity index is 0.864. The Bertz CT molecular complexity index is 2970. The maximum atomic E-state index is 14.7. The summed E-state index contributed by atoms with van der Waals surface area (Å²) in [6.45, 7) is 12.8. The van der Waals surface area contributed by atoms with Crippen LogP contribution in [0.25, 0.3) is 11.1 Å². The van der Waals surface area contributed by atoms with Gasteiger partial charge >= 0.3 is 24.2 Å². The van der Waals surface area contributed by atoms with Gasteiger partial charge in [0.25, 0.3) is 5.91 Å². The molecule has 0 aromatic heterocycles. The number of nitrogens with one attached hydrogen (secondary N) is 5. The summed E-state index contributed by atoms with van der Waals surface area (Å²) in [5.41, 5.74) is 16.3. The smallest absolute Gasteiger partial charge is 0.407 e. The largest absolute Gasteiger partial charge is 0.459 e. The minimum Gasteiger partial charge on any atom is -0.459 e. The summed E-state index contributed by atoms with van der Waals surface area (Å²) in [5.74, 6) is -3.09. The maximum Gasteiger partial charge on any atom is 0.407 e. The second-order valence-corrected chi connectivity index (χ2v) is 23.1. The number of esters is 1. The average molecular weight is 1210 g/mol. The Morgan fingerprint density at radius 2 is 1.49 bits per heavy atom. The number of aliphatic hydroxyl groups is 1. The number of amides is 8. The zero-order valence-corrected chi connectivity index (χ0v) is 50.5. The second kappa shape index (κ2) is 31.0. The summed E-state index contributed by atoms with van der Waals surface area (Å²) in [4.78, 5) is 104. The van der Waals surface area contributed by atoms with Crippen LogP contribution < -0.4 is 43.0 Å². The lowest BCUT2D eigenvalue weighted by atomic mass is 9.87. The third kappa shape index (κ3) is 18.7. The Morgan fingerprint density at radius 1 is 0.828 bits per heavy atom. The van der Waals surface area contributed by atoms with Gasteiger partial charge in [-0.05, 0) is 104 Å². The number of hydrogen-bond acceptors (Lipinski definition) is 15. The summed E-state index contributed by atoms with van der Waals surface area (Å²) in [7, 11) is 0. The van der Waals surface area contributed by atoms with Gasteiger partial charge in [0.15, 0.2) is 0 Å². The predicted octanol–water partition coefficient (Wildman–Crippen LogP) is 5.60. The molecule has 3 aromatic rings. The minimum absolute atomic E-state index is 0.00820. The SMILES string of the molecule is CC(=O)O[C@@H](C)/C=C\C(=O)N[C@@H]1C[C@H](C)[C@H](C/C=C(C)/C=C/[C@H]2O[C@H](CC(=O)NCCNC(=O)OCc3ccc(N(C(=O)[C@@H](NC(=O)OCC4c5ccccc5-c5ccccc54)C(C)C)[C@@H](CCCNC(N)=O)C(N)=O)cc3)C[C@@]3(CO3)[C@@H]2O)O[C@@H]1C. The molecule has 470 valence electrons. The molecule has 0 saturated carbocycles. The van der Waals surface area contributed by atoms with Gasteiger partial charge in [-0.3, -0.25) is 28.9 Å². The van der Waals surface area contributed by atoms with Crippen molar-refractivity contribution in [2.45, 2.75) is 160 Å². The number of nitrogens with zero attached hydrogens (tertiary/aromatic N) is 1. The van der Waals surface area contributed by atoms with Crippen LogP contribution in [0.5, 0.6) is 0 Å². The molecule has 0 bridgehead atoms. The van der Waals surface area contributed by atoms with E-state index in [1.54, 1.807) is 51.1 Å². The third-order valence-electron chi connectivity index (χ3n) is 16.0. The Labute approximate surface area is 507 Å². The average Bonchev–Trinajstić information content (AvgIpc) is 1.71. The van der Waals surface area contributed by atoms with Gasteiger partial charge in [0.1, 0.15) is 49.2 Å². The standard InChI is InChI=1S/C64H84N8O15/c1-37(2)57(71-63(81)83-35-50-48-15-10-8-13-46(48)47-14-9-11-16-49(47)50)60(78)72(52(59(65)77)17-12-28-68-61(66)79)44-23-21-43(22-24-44)34-82-62(80)69-30-29-67-56(75)32-45-33-64(36-84-64)58(76)54(87-45)26-19-38(3)18-25-53-39(4)31-51(41(6)86-53)70-55(74)27-20-40(5)85-42(7)73/h8-11,13-16,18-24,26-27,37,39-41,45,50-54,57-58,76H,12,17,25,28-36H2,1-7H3,(H2,65,77)(H,67,75)(H,69,80)(H,70,74)(H,71,81)(H3,66,68,79)/b26-19+,27-20-,38-18+/t39-,40-,41+,45+,51+,52-,53-,54+,57-,58+,64+/m0/s1. The molecule has 23 nitrogen and oxygen atoms in total. The van der Waals surface area contributed by atoms with Gasteiger partial charge in [0.2, 0.25) is 17.7 Å². The predicted molar refractivity (Wildman–Crippen MR) is 322 cm³/mol. The molecule has 3 fully saturated rings. The van der Waals surface area contributed by atoms with Crippen molar-refractivity contribution in [2.75, 3.05) is 37.7 Å². The third-order valence-corrected chi connectivity index (χ3v) is 16.0. The maximum absolute atomic E-state index is 14.7. The van der Waals surface area contributed by atoms with Crippen LogP contribution in [0.1, 0.15) is 110 Å². The van der Waals surface area contributed by atoms with Gasteiger partial charge in [0.05, 0.1) is 37.4 Å². The lowest BCUT2D eigenvalue weighted by molar-refractivity contribution is -0.145. The molecule has 3 aliphatic heterocycles. The van der Waals surface area contributed by atoms with E-state index in [1.165, 1.54) is 24.0 Å². The van der Waals surface area contributed by atoms with Crippen LogP contribution in [0.4, 0.5) is 20.1 Å². The highest BCUT2D eigenvalue weighted by molar-refractivity contribution is 6.04. The number of anilines is 1. The van der Waals surface area contributed by atoms with E-state index in [0.29, 0.717) is 31.4 Å². The Morgan fingerprint density at radius 3 is 2.13 bits per heavy atom. The van der Waals surface area contributed by atoms with Crippen molar-refractivity contribution in [1.29, 1.82) is 0 Å². The highest BCUT2D eigenvalue weighted by atomic mass is 16.6. The van der Waals surface area contributed by atoms with E-state index in [9.17, 15) is 43.5 Å². The zero-order chi connectivity index (χ0) is 63.0. The molecule has 23 heteroatoms. The molecule has 0 radical (unpaired) electrons. The molecule has 87 heavy (non-hydrogen) atoms. The number of nitrogens with two attached hydrogens (primary N) is 2. The van der Waals surface area contributed by atoms with Gasteiger partial charge in [-0.1, -0.05) is 105 Å². The number of fused-ring (bicyclic) bond motifs is 3. The number of primary amides is 2. The molecule has 1 spiro atoms. The Kier molecular flexibility index (Phi) is 23.7. The molecule has 3 saturated heterocycles. The van der Waals surface area contributed by atoms with Crippen molar-refractivity contribution in [1.82, 2.24) is 26.6 Å². The van der Waals surface area contributed by atoms with Gasteiger partial charge in [-0.15, -0.1) is 0 Å². The van der Waals surface area contributed by atoms with Crippen LogP contribution in [-0.2, 0) is 59.0 Å². The fraction of sp³-hybridized carbons (Fsp3) is 0.500. The first-order chi connectivity index (χ1) is 41.5. The van der Waals surface area contributed by atoms with Crippen LogP contribution in [0.15, 0.2) is 109 Å². The first-order valence-corrected chi connectivity index (χ1v) is 29.7. The van der Waals surface area contributed by atoms with Crippen molar-refractivity contribution < 1.29 is 71.9 Å². The topological polar surface area (TPSA) is 331 Å². The van der Waals surface area contributed by atoms with Crippen molar-refractivity contribution in [2.24, 2.45) is 23.3 Å². The van der Waals surface area contributed by atoms with Crippen LogP contribution in [-0.4, -0.2) is 146 Å². The number of rotatable bonds is 27. The normalized spacial score (nSPS) is 23.4. The van der Waals surface area contributed by atoms with E-state index < -0.39 is 84.0 Å². The molecule has 1 aliphatic carbocycles. The fourth-order valence-electron chi connectivity index (χ4n) is 11.3. The first-order valence-electron chi connectivity index (χ1n) is 29.7. The van der Waals surface area contributed by atoms with E-state index in [2.05, 4.69) is 39.6 Å². The number of epoxide rings is 1. The molecule has 3 aromatic carbocycles. The van der Waals surface area contributed by atoms with Crippen molar-refractivity contribution >= 4 is 53.5 Å². The summed E-state index contributed by atoms with van der Waals surface area (Å²) in [5, 5.41) is 24.8. The summed E-state index contributed by atoms with van der Waals surface area (Å²) in [6, 6.07) is 18.8. The summed E-state index contributed by atoms with van der Waals surface area (Å²) < 4.78 is 34.6. The number of urea groups is 1. The lowest BCUT2D eigenvalue weighted by Gasteiger charge is -2.39. The molecule has 8 amide bonds. The van der Waals surface area contributed by atoms with E-state index in [1.807, 2.05) is 68.5 Å². The molecular weight excluding hydrogens is 1120 g/mol. The number of carbonyl (C=O) groups is 8. The van der Waals surface area contributed by atoms with Crippen LogP contribution in [0.2, 0.25) is 0 Å². The zero-order valence-electron chi connectivity index (χ0n) is 50.5. The number of carbonyl (C=O) groups excluding carboxylic acids is 8. The molecule has 7 rings (SSSR count). The first kappa shape index (κ1) is 66.4. The van der Waals surface area contributed by atoms with Crippen LogP contribution in [0, 0.1) is 11.8 Å². The molecule has 10 N–H and O–H groups in total. The van der Waals surface area contributed by atoms with Gasteiger partial charge in [0, 0.05) is 50.7 Å². The number of ether oxygens (including phenoxy) is 6. The second-order valence-electron chi connectivity index (χ2n) is 23.1. The summed E-state index contributed by atoms with van der Waals surface area (Å²) in [6.07, 6.45) is 5.80. The monoisotopic (exact) mass is 1200 g/mol.